The lowest BCUT2D eigenvalue weighted by atomic mass is 9.84. The average molecular weight is 383 g/mol. The van der Waals surface area contributed by atoms with Crippen LogP contribution in [0.1, 0.15) is 39.0 Å². The van der Waals surface area contributed by atoms with Gasteiger partial charge in [0, 0.05) is 11.1 Å². The monoisotopic (exact) mass is 381 g/mol. The van der Waals surface area contributed by atoms with Gasteiger partial charge in [0.2, 0.25) is 0 Å². The van der Waals surface area contributed by atoms with Crippen LogP contribution >= 0.6 is 27.5 Å². The molecule has 1 N–H and O–H groups in total. The summed E-state index contributed by atoms with van der Waals surface area (Å²) in [5, 5.41) is 3.79. The summed E-state index contributed by atoms with van der Waals surface area (Å²) >= 11 is 9.24. The molecule has 0 aromatic heterocycles. The summed E-state index contributed by atoms with van der Waals surface area (Å²) in [7, 11) is 0. The first-order valence-electron chi connectivity index (χ1n) is 7.20. The quantitative estimate of drug-likeness (QED) is 0.666. The van der Waals surface area contributed by atoms with Crippen molar-refractivity contribution in [2.45, 2.75) is 51.7 Å². The number of alkyl halides is 2. The van der Waals surface area contributed by atoms with Crippen LogP contribution in [0.4, 0.5) is 14.5 Å². The smallest absolute Gasteiger partial charge is 0.387 e. The van der Waals surface area contributed by atoms with E-state index >= 15 is 0 Å². The van der Waals surface area contributed by atoms with Gasteiger partial charge in [0.15, 0.2) is 5.75 Å². The minimum Gasteiger partial charge on any atom is -0.431 e. The number of benzene rings is 1. The topological polar surface area (TPSA) is 21.3 Å². The number of halogens is 4. The number of ether oxygens (including phenoxy) is 1. The summed E-state index contributed by atoms with van der Waals surface area (Å²) in [6.07, 6.45) is 5.62. The molecule has 1 aliphatic rings. The highest BCUT2D eigenvalue weighted by atomic mass is 79.9. The molecule has 1 aromatic rings. The lowest BCUT2D eigenvalue weighted by Crippen LogP contribution is -2.26. The van der Waals surface area contributed by atoms with Crippen molar-refractivity contribution in [2.24, 2.45) is 5.92 Å². The minimum atomic E-state index is -2.86. The first-order chi connectivity index (χ1) is 9.99. The third-order valence-corrected chi connectivity index (χ3v) is 4.81. The van der Waals surface area contributed by atoms with E-state index < -0.39 is 6.61 Å². The minimum absolute atomic E-state index is 0.118. The molecule has 0 aliphatic heterocycles. The summed E-state index contributed by atoms with van der Waals surface area (Å²) in [5.41, 5.74) is 0.523. The van der Waals surface area contributed by atoms with E-state index in [1.165, 1.54) is 19.3 Å². The molecule has 0 atom stereocenters. The maximum Gasteiger partial charge on any atom is 0.387 e. The van der Waals surface area contributed by atoms with Crippen LogP contribution in [-0.4, -0.2) is 12.7 Å². The number of rotatable bonds is 5. The second-order valence-corrected chi connectivity index (χ2v) is 6.70. The Hall–Kier alpha value is -0.550. The SMILES string of the molecule is CCC1CCC(Nc2cc(Cl)cc(Br)c2OC(F)F)CC1. The molecular formula is C15H19BrClF2NO. The van der Waals surface area contributed by atoms with E-state index in [1.54, 1.807) is 12.1 Å². The highest BCUT2D eigenvalue weighted by Gasteiger charge is 2.22. The zero-order valence-corrected chi connectivity index (χ0v) is 14.2. The maximum absolute atomic E-state index is 12.6. The Balaban J connectivity index is 2.11. The van der Waals surface area contributed by atoms with Gasteiger partial charge >= 0.3 is 6.61 Å². The van der Waals surface area contributed by atoms with E-state index in [1.807, 2.05) is 0 Å². The maximum atomic E-state index is 12.6. The molecule has 0 spiro atoms. The number of anilines is 1. The molecule has 6 heteroatoms. The third kappa shape index (κ3) is 4.71. The summed E-state index contributed by atoms with van der Waals surface area (Å²) in [5.74, 6) is 0.901. The molecule has 1 saturated carbocycles. The Morgan fingerprint density at radius 2 is 2.00 bits per heavy atom. The molecule has 2 nitrogen and oxygen atoms in total. The van der Waals surface area contributed by atoms with Crippen molar-refractivity contribution < 1.29 is 13.5 Å². The van der Waals surface area contributed by atoms with Crippen LogP contribution in [0.3, 0.4) is 0 Å². The van der Waals surface area contributed by atoms with Gasteiger partial charge in [-0.15, -0.1) is 0 Å². The molecule has 0 bridgehead atoms. The molecule has 2 rings (SSSR count). The number of nitrogens with one attached hydrogen (secondary N) is 1. The van der Waals surface area contributed by atoms with E-state index in [-0.39, 0.29) is 11.8 Å². The van der Waals surface area contributed by atoms with Crippen molar-refractivity contribution in [2.75, 3.05) is 5.32 Å². The number of hydrogen-bond acceptors (Lipinski definition) is 2. The molecular weight excluding hydrogens is 364 g/mol. The average Bonchev–Trinajstić information content (AvgIpc) is 2.43. The van der Waals surface area contributed by atoms with Gasteiger partial charge in [-0.05, 0) is 59.7 Å². The summed E-state index contributed by atoms with van der Waals surface area (Å²) in [4.78, 5) is 0. The normalized spacial score (nSPS) is 22.4. The predicted molar refractivity (Wildman–Crippen MR) is 85.4 cm³/mol. The van der Waals surface area contributed by atoms with Crippen LogP contribution in [0.2, 0.25) is 5.02 Å². The first kappa shape index (κ1) is 16.8. The first-order valence-corrected chi connectivity index (χ1v) is 8.37. The van der Waals surface area contributed by atoms with Crippen LogP contribution in [0.5, 0.6) is 5.75 Å². The predicted octanol–water partition coefficient (Wildman–Crippen LogP) is 6.08. The standard InChI is InChI=1S/C15H19BrClF2NO/c1-2-9-3-5-11(6-4-9)20-13-8-10(17)7-12(16)14(13)21-15(18)19/h7-9,11,15,20H,2-6H2,1H3. The van der Waals surface area contributed by atoms with Crippen LogP contribution < -0.4 is 10.1 Å². The largest absolute Gasteiger partial charge is 0.431 e. The molecule has 21 heavy (non-hydrogen) atoms. The van der Waals surface area contributed by atoms with Gasteiger partial charge in [0.1, 0.15) is 0 Å². The fraction of sp³-hybridized carbons (Fsp3) is 0.600. The lowest BCUT2D eigenvalue weighted by Gasteiger charge is -2.30. The van der Waals surface area contributed by atoms with Crippen molar-refractivity contribution in [1.29, 1.82) is 0 Å². The molecule has 0 amide bonds. The van der Waals surface area contributed by atoms with E-state index in [2.05, 4.69) is 32.9 Å². The van der Waals surface area contributed by atoms with E-state index in [4.69, 9.17) is 11.6 Å². The zero-order chi connectivity index (χ0) is 15.4. The van der Waals surface area contributed by atoms with Crippen molar-refractivity contribution in [1.82, 2.24) is 0 Å². The Morgan fingerprint density at radius 3 is 2.57 bits per heavy atom. The van der Waals surface area contributed by atoms with Gasteiger partial charge in [0.05, 0.1) is 10.2 Å². The molecule has 0 unspecified atom stereocenters. The second kappa shape index (κ2) is 7.63. The zero-order valence-electron chi connectivity index (χ0n) is 11.8. The van der Waals surface area contributed by atoms with Crippen molar-refractivity contribution >= 4 is 33.2 Å². The Bertz CT molecular complexity index is 479. The van der Waals surface area contributed by atoms with Crippen LogP contribution in [0.25, 0.3) is 0 Å². The molecule has 1 fully saturated rings. The van der Waals surface area contributed by atoms with Crippen molar-refractivity contribution in [3.05, 3.63) is 21.6 Å². The summed E-state index contributed by atoms with van der Waals surface area (Å²) in [6.45, 7) is -0.653. The van der Waals surface area contributed by atoms with Gasteiger partial charge in [-0.3, -0.25) is 0 Å². The van der Waals surface area contributed by atoms with Gasteiger partial charge in [-0.1, -0.05) is 24.9 Å². The van der Waals surface area contributed by atoms with Crippen molar-refractivity contribution in [3.63, 3.8) is 0 Å². The highest BCUT2D eigenvalue weighted by molar-refractivity contribution is 9.10. The number of hydrogen-bond donors (Lipinski definition) is 1. The fourth-order valence-corrected chi connectivity index (χ4v) is 3.72. The van der Waals surface area contributed by atoms with Crippen LogP contribution in [0.15, 0.2) is 16.6 Å². The summed E-state index contributed by atoms with van der Waals surface area (Å²) in [6, 6.07) is 3.46. The van der Waals surface area contributed by atoms with Gasteiger partial charge in [0.25, 0.3) is 0 Å². The molecule has 118 valence electrons. The second-order valence-electron chi connectivity index (χ2n) is 5.41. The molecule has 0 heterocycles. The Kier molecular flexibility index (Phi) is 6.11. The Morgan fingerprint density at radius 1 is 1.33 bits per heavy atom. The van der Waals surface area contributed by atoms with Gasteiger partial charge < -0.3 is 10.1 Å². The lowest BCUT2D eigenvalue weighted by molar-refractivity contribution is -0.0499. The fourth-order valence-electron chi connectivity index (χ4n) is 2.81. The molecule has 0 radical (unpaired) electrons. The molecule has 1 aromatic carbocycles. The third-order valence-electron chi connectivity index (χ3n) is 4.00. The van der Waals surface area contributed by atoms with Crippen LogP contribution in [-0.2, 0) is 0 Å². The molecule has 1 aliphatic carbocycles. The van der Waals surface area contributed by atoms with Gasteiger partial charge in [-0.25, -0.2) is 0 Å². The van der Waals surface area contributed by atoms with E-state index in [0.29, 0.717) is 15.2 Å². The van der Waals surface area contributed by atoms with Gasteiger partial charge in [-0.2, -0.15) is 8.78 Å². The van der Waals surface area contributed by atoms with Crippen LogP contribution in [0, 0.1) is 5.92 Å². The van der Waals surface area contributed by atoms with E-state index in [0.717, 1.165) is 18.8 Å². The van der Waals surface area contributed by atoms with Crippen molar-refractivity contribution in [3.8, 4) is 5.75 Å². The molecule has 0 saturated heterocycles. The van der Waals surface area contributed by atoms with E-state index in [9.17, 15) is 8.78 Å². The Labute approximate surface area is 137 Å². The summed E-state index contributed by atoms with van der Waals surface area (Å²) < 4.78 is 30.1. The highest BCUT2D eigenvalue weighted by Crippen LogP contribution is 2.39.